The van der Waals surface area contributed by atoms with Crippen LogP contribution < -0.4 is 11.1 Å². The van der Waals surface area contributed by atoms with Crippen LogP contribution in [0.15, 0.2) is 23.1 Å². The summed E-state index contributed by atoms with van der Waals surface area (Å²) in [6.07, 6.45) is 0.182. The van der Waals surface area contributed by atoms with Crippen molar-refractivity contribution in [2.45, 2.75) is 24.8 Å². The summed E-state index contributed by atoms with van der Waals surface area (Å²) in [7, 11) is -0.478. The van der Waals surface area contributed by atoms with Crippen LogP contribution in [0.2, 0.25) is 0 Å². The van der Waals surface area contributed by atoms with Crippen LogP contribution in [-0.4, -0.2) is 46.1 Å². The third kappa shape index (κ3) is 4.36. The minimum absolute atomic E-state index is 0.182. The summed E-state index contributed by atoms with van der Waals surface area (Å²) >= 11 is 0. The van der Waals surface area contributed by atoms with Gasteiger partial charge in [0.2, 0.25) is 10.0 Å². The fourth-order valence-corrected chi connectivity index (χ4v) is 2.49. The molecule has 0 spiro atoms. The van der Waals surface area contributed by atoms with E-state index in [1.165, 1.54) is 26.2 Å². The standard InChI is InChI=1S/C13H23N3O3S/c1-10(2)19-8-7-15-13-6-5-11(9-12(13)14)20(17,18)16(3)4/h5-6,9-10,15H,7-8,14H2,1-4H3. The van der Waals surface area contributed by atoms with E-state index in [-0.39, 0.29) is 11.0 Å². The molecule has 0 atom stereocenters. The molecule has 6 nitrogen and oxygen atoms in total. The van der Waals surface area contributed by atoms with Gasteiger partial charge < -0.3 is 15.8 Å². The number of sulfonamides is 1. The first-order valence-electron chi connectivity index (χ1n) is 6.42. The normalized spacial score (nSPS) is 12.1. The van der Waals surface area contributed by atoms with E-state index in [4.69, 9.17) is 10.5 Å². The monoisotopic (exact) mass is 301 g/mol. The molecule has 0 aliphatic carbocycles. The van der Waals surface area contributed by atoms with Crippen LogP contribution in [0.4, 0.5) is 11.4 Å². The lowest BCUT2D eigenvalue weighted by molar-refractivity contribution is 0.0870. The quantitative estimate of drug-likeness (QED) is 0.587. The Morgan fingerprint density at radius 3 is 2.50 bits per heavy atom. The van der Waals surface area contributed by atoms with Crippen molar-refractivity contribution in [3.05, 3.63) is 18.2 Å². The molecular formula is C13H23N3O3S. The lowest BCUT2D eigenvalue weighted by Gasteiger charge is -2.14. The molecule has 3 N–H and O–H groups in total. The van der Waals surface area contributed by atoms with Crippen LogP contribution in [-0.2, 0) is 14.8 Å². The van der Waals surface area contributed by atoms with Gasteiger partial charge in [0, 0.05) is 20.6 Å². The predicted molar refractivity (Wildman–Crippen MR) is 81.3 cm³/mol. The number of hydrogen-bond donors (Lipinski definition) is 2. The summed E-state index contributed by atoms with van der Waals surface area (Å²) in [6.45, 7) is 5.11. The van der Waals surface area contributed by atoms with Crippen molar-refractivity contribution in [1.82, 2.24) is 4.31 Å². The molecule has 114 valence electrons. The molecule has 0 saturated carbocycles. The number of rotatable bonds is 7. The largest absolute Gasteiger partial charge is 0.397 e. The van der Waals surface area contributed by atoms with Crippen LogP contribution in [0.1, 0.15) is 13.8 Å². The highest BCUT2D eigenvalue weighted by Crippen LogP contribution is 2.23. The Kier molecular flexibility index (Phi) is 5.79. The van der Waals surface area contributed by atoms with Gasteiger partial charge in [0.05, 0.1) is 29.0 Å². The number of nitrogen functional groups attached to an aromatic ring is 1. The first-order valence-corrected chi connectivity index (χ1v) is 7.86. The zero-order valence-electron chi connectivity index (χ0n) is 12.4. The molecule has 0 unspecified atom stereocenters. The third-order valence-corrected chi connectivity index (χ3v) is 4.48. The molecule has 1 rings (SSSR count). The van der Waals surface area contributed by atoms with E-state index in [9.17, 15) is 8.42 Å². The van der Waals surface area contributed by atoms with Gasteiger partial charge in [-0.05, 0) is 32.0 Å². The summed E-state index contributed by atoms with van der Waals surface area (Å²) in [4.78, 5) is 0.184. The van der Waals surface area contributed by atoms with Crippen LogP contribution in [0, 0.1) is 0 Å². The highest BCUT2D eigenvalue weighted by atomic mass is 32.2. The van der Waals surface area contributed by atoms with Gasteiger partial charge in [0.15, 0.2) is 0 Å². The molecule has 0 fully saturated rings. The van der Waals surface area contributed by atoms with E-state index in [2.05, 4.69) is 5.32 Å². The predicted octanol–water partition coefficient (Wildman–Crippen LogP) is 1.36. The average molecular weight is 301 g/mol. The zero-order valence-corrected chi connectivity index (χ0v) is 13.2. The minimum Gasteiger partial charge on any atom is -0.397 e. The van der Waals surface area contributed by atoms with E-state index in [1.54, 1.807) is 6.07 Å². The zero-order chi connectivity index (χ0) is 15.3. The molecule has 20 heavy (non-hydrogen) atoms. The summed E-state index contributed by atoms with van der Waals surface area (Å²) in [6, 6.07) is 4.67. The van der Waals surface area contributed by atoms with Gasteiger partial charge in [-0.15, -0.1) is 0 Å². The molecule has 0 aromatic heterocycles. The van der Waals surface area contributed by atoms with Crippen molar-refractivity contribution in [2.75, 3.05) is 38.3 Å². The number of benzene rings is 1. The van der Waals surface area contributed by atoms with Gasteiger partial charge in [-0.2, -0.15) is 0 Å². The second kappa shape index (κ2) is 6.92. The number of anilines is 2. The van der Waals surface area contributed by atoms with E-state index in [0.717, 1.165) is 4.31 Å². The third-order valence-electron chi connectivity index (χ3n) is 2.67. The maximum absolute atomic E-state index is 12.0. The van der Waals surface area contributed by atoms with Gasteiger partial charge in [0.25, 0.3) is 0 Å². The molecule has 0 amide bonds. The van der Waals surface area contributed by atoms with E-state index in [1.807, 2.05) is 13.8 Å². The van der Waals surface area contributed by atoms with Gasteiger partial charge in [-0.1, -0.05) is 0 Å². The van der Waals surface area contributed by atoms with Crippen molar-refractivity contribution in [2.24, 2.45) is 0 Å². The maximum atomic E-state index is 12.0. The molecule has 7 heteroatoms. The van der Waals surface area contributed by atoms with Crippen molar-refractivity contribution < 1.29 is 13.2 Å². The Hall–Kier alpha value is -1.31. The van der Waals surface area contributed by atoms with Crippen molar-refractivity contribution in [3.63, 3.8) is 0 Å². The van der Waals surface area contributed by atoms with E-state index >= 15 is 0 Å². The molecule has 0 aliphatic rings. The summed E-state index contributed by atoms with van der Waals surface area (Å²) in [5, 5.41) is 3.12. The highest BCUT2D eigenvalue weighted by Gasteiger charge is 2.17. The summed E-state index contributed by atoms with van der Waals surface area (Å²) in [5.74, 6) is 0. The fraction of sp³-hybridized carbons (Fsp3) is 0.538. The lowest BCUT2D eigenvalue weighted by Crippen LogP contribution is -2.22. The van der Waals surface area contributed by atoms with E-state index < -0.39 is 10.0 Å². The summed E-state index contributed by atoms with van der Waals surface area (Å²) < 4.78 is 30.5. The SMILES string of the molecule is CC(C)OCCNc1ccc(S(=O)(=O)N(C)C)cc1N. The Labute approximate surface area is 121 Å². The van der Waals surface area contributed by atoms with Gasteiger partial charge in [0.1, 0.15) is 0 Å². The Balaban J connectivity index is 2.74. The number of nitrogens with zero attached hydrogens (tertiary/aromatic N) is 1. The van der Waals surface area contributed by atoms with Gasteiger partial charge in [-0.3, -0.25) is 0 Å². The second-order valence-corrected chi connectivity index (χ2v) is 7.03. The second-order valence-electron chi connectivity index (χ2n) is 4.88. The van der Waals surface area contributed by atoms with Crippen LogP contribution in [0.5, 0.6) is 0 Å². The Bertz CT molecular complexity index is 542. The van der Waals surface area contributed by atoms with Crippen LogP contribution in [0.25, 0.3) is 0 Å². The minimum atomic E-state index is -3.45. The Morgan fingerprint density at radius 1 is 1.35 bits per heavy atom. The molecular weight excluding hydrogens is 278 g/mol. The first kappa shape index (κ1) is 16.7. The van der Waals surface area contributed by atoms with Crippen molar-refractivity contribution in [3.8, 4) is 0 Å². The van der Waals surface area contributed by atoms with E-state index in [0.29, 0.717) is 24.5 Å². The van der Waals surface area contributed by atoms with Crippen molar-refractivity contribution >= 4 is 21.4 Å². The topological polar surface area (TPSA) is 84.7 Å². The van der Waals surface area contributed by atoms with Crippen LogP contribution >= 0.6 is 0 Å². The molecule has 1 aromatic carbocycles. The molecule has 0 saturated heterocycles. The average Bonchev–Trinajstić information content (AvgIpc) is 2.35. The molecule has 1 aromatic rings. The first-order chi connectivity index (χ1) is 9.25. The smallest absolute Gasteiger partial charge is 0.242 e. The Morgan fingerprint density at radius 2 is 2.00 bits per heavy atom. The number of nitrogens with two attached hydrogens (primary N) is 1. The maximum Gasteiger partial charge on any atom is 0.242 e. The molecule has 0 heterocycles. The number of nitrogens with one attached hydrogen (secondary N) is 1. The molecule has 0 bridgehead atoms. The number of ether oxygens (including phenoxy) is 1. The van der Waals surface area contributed by atoms with Crippen molar-refractivity contribution in [1.29, 1.82) is 0 Å². The van der Waals surface area contributed by atoms with Gasteiger partial charge in [-0.25, -0.2) is 12.7 Å². The molecule has 0 radical (unpaired) electrons. The number of hydrogen-bond acceptors (Lipinski definition) is 5. The van der Waals surface area contributed by atoms with Crippen LogP contribution in [0.3, 0.4) is 0 Å². The molecule has 0 aliphatic heterocycles. The lowest BCUT2D eigenvalue weighted by atomic mass is 10.2. The highest BCUT2D eigenvalue weighted by molar-refractivity contribution is 7.89. The fourth-order valence-electron chi connectivity index (χ4n) is 1.55. The summed E-state index contributed by atoms with van der Waals surface area (Å²) in [5.41, 5.74) is 6.98. The van der Waals surface area contributed by atoms with Gasteiger partial charge >= 0.3 is 0 Å².